The fourth-order valence-electron chi connectivity index (χ4n) is 8.05. The van der Waals surface area contributed by atoms with Gasteiger partial charge in [0.2, 0.25) is 0 Å². The molecule has 7 rings (SSSR count). The summed E-state index contributed by atoms with van der Waals surface area (Å²) >= 11 is 0. The normalized spacial score (nSPS) is 33.3. The summed E-state index contributed by atoms with van der Waals surface area (Å²) in [7, 11) is 0. The third-order valence-electron chi connectivity index (χ3n) is 10.2. The quantitative estimate of drug-likeness (QED) is 0.426. The van der Waals surface area contributed by atoms with E-state index in [-0.39, 0.29) is 5.54 Å². The third kappa shape index (κ3) is 4.06. The van der Waals surface area contributed by atoms with E-state index in [4.69, 9.17) is 4.99 Å². The summed E-state index contributed by atoms with van der Waals surface area (Å²) in [5, 5.41) is 0. The number of nitrogens with zero attached hydrogens (tertiary/aromatic N) is 4. The lowest BCUT2D eigenvalue weighted by Gasteiger charge is -2.38. The lowest BCUT2D eigenvalue weighted by Crippen LogP contribution is -2.48. The van der Waals surface area contributed by atoms with Crippen molar-refractivity contribution in [2.24, 2.45) is 15.9 Å². The number of allylic oxidation sites excluding steroid dienone is 5. The monoisotopic (exact) mass is 518 g/mol. The van der Waals surface area contributed by atoms with Crippen LogP contribution in [0.15, 0.2) is 87.6 Å². The van der Waals surface area contributed by atoms with Gasteiger partial charge in [-0.3, -0.25) is 9.98 Å². The Bertz CT molecular complexity index is 1370. The minimum absolute atomic E-state index is 0.324. The Morgan fingerprint density at radius 3 is 2.87 bits per heavy atom. The van der Waals surface area contributed by atoms with Crippen molar-refractivity contribution in [2.45, 2.75) is 76.3 Å². The molecule has 4 heterocycles. The fraction of sp³-hybridized carbons (Fsp3) is 0.486. The topological polar surface area (TPSA) is 31.2 Å². The maximum Gasteiger partial charge on any atom is 0.126 e. The number of fused-ring (bicyclic) bond motifs is 4. The molecule has 202 valence electrons. The van der Waals surface area contributed by atoms with Crippen molar-refractivity contribution in [2.75, 3.05) is 31.1 Å². The van der Waals surface area contributed by atoms with Crippen molar-refractivity contribution in [3.63, 3.8) is 0 Å². The van der Waals surface area contributed by atoms with Crippen molar-refractivity contribution >= 4 is 17.6 Å². The van der Waals surface area contributed by atoms with Crippen LogP contribution < -0.4 is 4.90 Å². The average Bonchev–Trinajstić information content (AvgIpc) is 3.45. The first kappa shape index (κ1) is 25.0. The number of benzene rings is 1. The molecule has 4 heteroatoms. The first-order valence-corrected chi connectivity index (χ1v) is 15.3. The molecule has 5 unspecified atom stereocenters. The number of hydrogen-bond donors (Lipinski definition) is 0. The van der Waals surface area contributed by atoms with Gasteiger partial charge in [-0.2, -0.15) is 0 Å². The van der Waals surface area contributed by atoms with E-state index >= 15 is 0 Å². The minimum Gasteiger partial charge on any atom is -0.367 e. The molecule has 0 amide bonds. The second kappa shape index (κ2) is 9.89. The zero-order valence-electron chi connectivity index (χ0n) is 23.8. The van der Waals surface area contributed by atoms with E-state index in [0.717, 1.165) is 38.8 Å². The first-order chi connectivity index (χ1) is 19.1. The number of rotatable bonds is 3. The standard InChI is InChI=1S/C35H42N4/c1-4-38-19-15-28-30-21-25(10-12-33(30)39(5-2)34(28)23-38)26-20-27-8-6-7-16-35(27)31(22-26)29-14-18-36-17-13-24(3)9-11-32(29)37-35/h6-8,10,12,14,16-18,20-21,24,26,28,34H,4-5,9,11,13,15,19,22-23H2,1-3H3. The summed E-state index contributed by atoms with van der Waals surface area (Å²) in [6.07, 6.45) is 23.4. The van der Waals surface area contributed by atoms with Crippen LogP contribution in [0.5, 0.6) is 0 Å². The summed E-state index contributed by atoms with van der Waals surface area (Å²) in [4.78, 5) is 15.4. The molecule has 2 aliphatic carbocycles. The van der Waals surface area contributed by atoms with Crippen molar-refractivity contribution < 1.29 is 0 Å². The highest BCUT2D eigenvalue weighted by molar-refractivity contribution is 6.07. The molecular weight excluding hydrogens is 476 g/mol. The molecule has 4 aliphatic heterocycles. The zero-order valence-corrected chi connectivity index (χ0v) is 23.8. The van der Waals surface area contributed by atoms with Crippen LogP contribution in [0.3, 0.4) is 0 Å². The van der Waals surface area contributed by atoms with E-state index in [9.17, 15) is 0 Å². The van der Waals surface area contributed by atoms with Crippen LogP contribution in [0, 0.1) is 5.92 Å². The van der Waals surface area contributed by atoms with Gasteiger partial charge in [0.1, 0.15) is 5.54 Å². The number of anilines is 1. The van der Waals surface area contributed by atoms with Crippen LogP contribution in [0.4, 0.5) is 5.69 Å². The summed E-state index contributed by atoms with van der Waals surface area (Å²) in [6.45, 7) is 11.6. The minimum atomic E-state index is -0.324. The maximum absolute atomic E-state index is 5.49. The van der Waals surface area contributed by atoms with E-state index in [1.165, 1.54) is 53.2 Å². The number of aliphatic imine (C=N–C) groups is 2. The Labute approximate surface area is 234 Å². The van der Waals surface area contributed by atoms with Crippen LogP contribution in [0.25, 0.3) is 0 Å². The van der Waals surface area contributed by atoms with Gasteiger partial charge in [0.05, 0.1) is 0 Å². The summed E-state index contributed by atoms with van der Waals surface area (Å²) in [5.41, 5.74) is 9.62. The molecule has 39 heavy (non-hydrogen) atoms. The van der Waals surface area contributed by atoms with Gasteiger partial charge in [0, 0.05) is 54.8 Å². The van der Waals surface area contributed by atoms with Crippen LogP contribution in [0.2, 0.25) is 0 Å². The largest absolute Gasteiger partial charge is 0.367 e. The van der Waals surface area contributed by atoms with E-state index < -0.39 is 0 Å². The van der Waals surface area contributed by atoms with Gasteiger partial charge < -0.3 is 9.80 Å². The summed E-state index contributed by atoms with van der Waals surface area (Å²) in [6, 6.07) is 8.06. The molecule has 0 saturated carbocycles. The van der Waals surface area contributed by atoms with Gasteiger partial charge in [-0.05, 0) is 104 Å². The third-order valence-corrected chi connectivity index (χ3v) is 10.2. The average molecular weight is 519 g/mol. The highest BCUT2D eigenvalue weighted by Gasteiger charge is 2.46. The summed E-state index contributed by atoms with van der Waals surface area (Å²) < 4.78 is 0. The lowest BCUT2D eigenvalue weighted by atomic mass is 9.69. The van der Waals surface area contributed by atoms with E-state index in [1.807, 2.05) is 6.20 Å². The SMILES string of the molecule is CCN1CCC2c3cc(C4C=C5C=CC=CC56N=C5CCC(C)CC=NC=CC5=C6C4)ccc3N(CC)C2C1. The highest BCUT2D eigenvalue weighted by Crippen LogP contribution is 2.52. The highest BCUT2D eigenvalue weighted by atomic mass is 15.3. The fourth-order valence-corrected chi connectivity index (χ4v) is 8.05. The number of likely N-dealkylation sites (tertiary alicyclic amines) is 1. The zero-order chi connectivity index (χ0) is 26.6. The predicted octanol–water partition coefficient (Wildman–Crippen LogP) is 7.14. The van der Waals surface area contributed by atoms with Crippen molar-refractivity contribution in [1.29, 1.82) is 0 Å². The van der Waals surface area contributed by atoms with Crippen molar-refractivity contribution in [3.8, 4) is 0 Å². The maximum atomic E-state index is 5.49. The molecule has 5 atom stereocenters. The van der Waals surface area contributed by atoms with Crippen LogP contribution >= 0.6 is 0 Å². The first-order valence-electron chi connectivity index (χ1n) is 15.3. The Kier molecular flexibility index (Phi) is 6.34. The predicted molar refractivity (Wildman–Crippen MR) is 164 cm³/mol. The van der Waals surface area contributed by atoms with Crippen LogP contribution in [-0.2, 0) is 0 Å². The Hall–Kier alpha value is -2.98. The molecular formula is C35H42N4. The second-order valence-electron chi connectivity index (χ2n) is 12.4. The van der Waals surface area contributed by atoms with E-state index in [2.05, 4.69) is 96.4 Å². The molecule has 1 saturated heterocycles. The van der Waals surface area contributed by atoms with Crippen molar-refractivity contribution in [3.05, 3.63) is 88.7 Å². The van der Waals surface area contributed by atoms with Gasteiger partial charge in [-0.25, -0.2) is 0 Å². The molecule has 0 aromatic heterocycles. The summed E-state index contributed by atoms with van der Waals surface area (Å²) in [5.74, 6) is 1.64. The molecule has 6 aliphatic rings. The van der Waals surface area contributed by atoms with Gasteiger partial charge in [0.25, 0.3) is 0 Å². The molecule has 0 bridgehead atoms. The van der Waals surface area contributed by atoms with Gasteiger partial charge in [-0.15, -0.1) is 0 Å². The molecule has 1 aromatic rings. The number of hydrogen-bond acceptors (Lipinski definition) is 4. The Morgan fingerprint density at radius 2 is 2.00 bits per heavy atom. The number of piperidine rings is 1. The van der Waals surface area contributed by atoms with Gasteiger partial charge in [-0.1, -0.05) is 50.3 Å². The van der Waals surface area contributed by atoms with Gasteiger partial charge >= 0.3 is 0 Å². The molecule has 4 nitrogen and oxygen atoms in total. The van der Waals surface area contributed by atoms with E-state index in [1.54, 1.807) is 5.56 Å². The Morgan fingerprint density at radius 1 is 1.08 bits per heavy atom. The van der Waals surface area contributed by atoms with Crippen molar-refractivity contribution in [1.82, 2.24) is 4.90 Å². The lowest BCUT2D eigenvalue weighted by molar-refractivity contribution is 0.202. The van der Waals surface area contributed by atoms with Gasteiger partial charge in [0.15, 0.2) is 0 Å². The molecule has 0 radical (unpaired) electrons. The smallest absolute Gasteiger partial charge is 0.126 e. The second-order valence-corrected chi connectivity index (χ2v) is 12.4. The molecule has 0 N–H and O–H groups in total. The number of likely N-dealkylation sites (N-methyl/N-ethyl adjacent to an activating group) is 2. The molecule has 1 fully saturated rings. The van der Waals surface area contributed by atoms with Crippen LogP contribution in [0.1, 0.15) is 75.8 Å². The Balaban J connectivity index is 1.28. The van der Waals surface area contributed by atoms with E-state index in [0.29, 0.717) is 23.8 Å². The molecule has 1 spiro atoms. The van der Waals surface area contributed by atoms with Crippen LogP contribution in [-0.4, -0.2) is 54.6 Å². The molecule has 1 aromatic carbocycles.